The smallest absolute Gasteiger partial charge is 0.327 e. The van der Waals surface area contributed by atoms with Crippen molar-refractivity contribution in [2.24, 2.45) is 5.92 Å². The lowest BCUT2D eigenvalue weighted by Crippen LogP contribution is -2.39. The second kappa shape index (κ2) is 8.69. The lowest BCUT2D eigenvalue weighted by molar-refractivity contribution is -0.386. The van der Waals surface area contributed by atoms with E-state index in [0.717, 1.165) is 18.9 Å². The van der Waals surface area contributed by atoms with E-state index in [1.807, 2.05) is 23.1 Å². The fourth-order valence-corrected chi connectivity index (χ4v) is 3.37. The van der Waals surface area contributed by atoms with Crippen molar-refractivity contribution in [3.63, 3.8) is 0 Å². The second-order valence-corrected chi connectivity index (χ2v) is 6.75. The summed E-state index contributed by atoms with van der Waals surface area (Å²) in [5.74, 6) is -0.477. The first-order valence-electron chi connectivity index (χ1n) is 9.09. The van der Waals surface area contributed by atoms with E-state index in [1.165, 1.54) is 13.2 Å². The molecule has 0 aliphatic carbocycles. The summed E-state index contributed by atoms with van der Waals surface area (Å²) in [5, 5.41) is 14.2. The van der Waals surface area contributed by atoms with Gasteiger partial charge in [-0.2, -0.15) is 4.39 Å². The molecule has 1 aliphatic rings. The van der Waals surface area contributed by atoms with Crippen molar-refractivity contribution in [1.29, 1.82) is 0 Å². The van der Waals surface area contributed by atoms with Crippen LogP contribution in [-0.4, -0.2) is 42.5 Å². The average molecular weight is 387 g/mol. The number of anilines is 1. The van der Waals surface area contributed by atoms with Crippen molar-refractivity contribution in [1.82, 2.24) is 4.90 Å². The summed E-state index contributed by atoms with van der Waals surface area (Å²) in [5.41, 5.74) is 0.184. The van der Waals surface area contributed by atoms with Crippen LogP contribution in [0.15, 0.2) is 42.5 Å². The number of benzene rings is 2. The summed E-state index contributed by atoms with van der Waals surface area (Å²) in [7, 11) is 1.38. The van der Waals surface area contributed by atoms with Gasteiger partial charge in [-0.3, -0.25) is 14.9 Å². The van der Waals surface area contributed by atoms with E-state index in [-0.39, 0.29) is 23.3 Å². The molecule has 148 valence electrons. The van der Waals surface area contributed by atoms with E-state index in [9.17, 15) is 19.3 Å². The van der Waals surface area contributed by atoms with Crippen molar-refractivity contribution in [3.05, 3.63) is 64.0 Å². The number of methoxy groups -OCH3 is 1. The Morgan fingerprint density at radius 2 is 1.96 bits per heavy atom. The van der Waals surface area contributed by atoms with Crippen LogP contribution in [-0.2, 0) is 0 Å². The number of piperidine rings is 1. The van der Waals surface area contributed by atoms with Crippen LogP contribution in [0.25, 0.3) is 0 Å². The van der Waals surface area contributed by atoms with Crippen molar-refractivity contribution < 1.29 is 18.8 Å². The van der Waals surface area contributed by atoms with Crippen LogP contribution in [0.1, 0.15) is 23.2 Å². The molecule has 1 amide bonds. The standard InChI is InChI=1S/C20H22FN3O4/c1-28-16-11-17(21)19(24(26)27)18(12-16)22-13-14-7-9-23(10-8-14)20(25)15-5-3-2-4-6-15/h2-6,11-12,14,22H,7-10,13H2,1H3. The summed E-state index contributed by atoms with van der Waals surface area (Å²) in [6.45, 7) is 1.70. The van der Waals surface area contributed by atoms with Gasteiger partial charge >= 0.3 is 5.69 Å². The molecule has 28 heavy (non-hydrogen) atoms. The first-order valence-corrected chi connectivity index (χ1v) is 9.09. The third-order valence-electron chi connectivity index (χ3n) is 4.96. The molecule has 0 unspecified atom stereocenters. The predicted octanol–water partition coefficient (Wildman–Crippen LogP) is 3.71. The van der Waals surface area contributed by atoms with Gasteiger partial charge in [-0.15, -0.1) is 0 Å². The van der Waals surface area contributed by atoms with E-state index in [1.54, 1.807) is 12.1 Å². The van der Waals surface area contributed by atoms with Gasteiger partial charge in [-0.05, 0) is 30.9 Å². The van der Waals surface area contributed by atoms with E-state index in [2.05, 4.69) is 5.32 Å². The number of amides is 1. The summed E-state index contributed by atoms with van der Waals surface area (Å²) in [6, 6.07) is 11.6. The van der Waals surface area contributed by atoms with Crippen LogP contribution in [0.5, 0.6) is 5.75 Å². The number of nitrogens with zero attached hydrogens (tertiary/aromatic N) is 2. The van der Waals surface area contributed by atoms with Crippen LogP contribution in [0.2, 0.25) is 0 Å². The Labute approximate surface area is 162 Å². The normalized spacial score (nSPS) is 14.6. The fourth-order valence-electron chi connectivity index (χ4n) is 3.37. The molecule has 1 saturated heterocycles. The van der Waals surface area contributed by atoms with Crippen molar-refractivity contribution in [3.8, 4) is 5.75 Å². The Hall–Kier alpha value is -3.16. The van der Waals surface area contributed by atoms with Crippen molar-refractivity contribution >= 4 is 17.3 Å². The lowest BCUT2D eigenvalue weighted by Gasteiger charge is -2.32. The Balaban J connectivity index is 1.59. The van der Waals surface area contributed by atoms with E-state index >= 15 is 0 Å². The molecule has 8 heteroatoms. The molecular weight excluding hydrogens is 365 g/mol. The molecule has 0 atom stereocenters. The number of likely N-dealkylation sites (tertiary alicyclic amines) is 1. The molecule has 1 N–H and O–H groups in total. The predicted molar refractivity (Wildman–Crippen MR) is 103 cm³/mol. The zero-order valence-corrected chi connectivity index (χ0v) is 15.6. The molecule has 1 aliphatic heterocycles. The second-order valence-electron chi connectivity index (χ2n) is 6.75. The van der Waals surface area contributed by atoms with Gasteiger partial charge in [0, 0.05) is 37.3 Å². The summed E-state index contributed by atoms with van der Waals surface area (Å²) >= 11 is 0. The van der Waals surface area contributed by atoms with Crippen LogP contribution in [0.3, 0.4) is 0 Å². The maximum Gasteiger partial charge on any atom is 0.327 e. The highest BCUT2D eigenvalue weighted by Gasteiger charge is 2.26. The van der Waals surface area contributed by atoms with Gasteiger partial charge in [0.15, 0.2) is 0 Å². The number of hydrogen-bond donors (Lipinski definition) is 1. The molecule has 1 fully saturated rings. The Bertz CT molecular complexity index is 852. The molecule has 0 aromatic heterocycles. The van der Waals surface area contributed by atoms with E-state index in [4.69, 9.17) is 4.74 Å². The minimum Gasteiger partial charge on any atom is -0.497 e. The summed E-state index contributed by atoms with van der Waals surface area (Å²) in [6.07, 6.45) is 1.54. The van der Waals surface area contributed by atoms with Gasteiger partial charge in [0.05, 0.1) is 12.0 Å². The molecule has 2 aromatic rings. The maximum absolute atomic E-state index is 14.0. The molecule has 1 heterocycles. The third kappa shape index (κ3) is 4.39. The number of ether oxygens (including phenoxy) is 1. The molecule has 0 radical (unpaired) electrons. The molecule has 3 rings (SSSR count). The van der Waals surface area contributed by atoms with Crippen molar-refractivity contribution in [2.75, 3.05) is 32.1 Å². The van der Waals surface area contributed by atoms with E-state index < -0.39 is 16.4 Å². The summed E-state index contributed by atoms with van der Waals surface area (Å²) in [4.78, 5) is 24.8. The number of carbonyl (C=O) groups is 1. The monoisotopic (exact) mass is 387 g/mol. The summed E-state index contributed by atoms with van der Waals surface area (Å²) < 4.78 is 19.0. The Kier molecular flexibility index (Phi) is 6.08. The SMILES string of the molecule is COc1cc(F)c([N+](=O)[O-])c(NCC2CCN(C(=O)c3ccccc3)CC2)c1. The van der Waals surface area contributed by atoms with Crippen LogP contribution < -0.4 is 10.1 Å². The molecule has 0 saturated carbocycles. The first kappa shape index (κ1) is 19.6. The van der Waals surface area contributed by atoms with Crippen LogP contribution >= 0.6 is 0 Å². The largest absolute Gasteiger partial charge is 0.497 e. The molecular formula is C20H22FN3O4. The number of hydrogen-bond acceptors (Lipinski definition) is 5. The highest BCUT2D eigenvalue weighted by atomic mass is 19.1. The first-order chi connectivity index (χ1) is 13.5. The number of nitrogens with one attached hydrogen (secondary N) is 1. The minimum absolute atomic E-state index is 0.0116. The van der Waals surface area contributed by atoms with Gasteiger partial charge in [-0.25, -0.2) is 0 Å². The number of rotatable bonds is 6. The van der Waals surface area contributed by atoms with Gasteiger partial charge < -0.3 is 15.0 Å². The van der Waals surface area contributed by atoms with Gasteiger partial charge in [0.25, 0.3) is 5.91 Å². The highest BCUT2D eigenvalue weighted by molar-refractivity contribution is 5.94. The Morgan fingerprint density at radius 1 is 1.29 bits per heavy atom. The minimum atomic E-state index is -0.935. The Morgan fingerprint density at radius 3 is 2.57 bits per heavy atom. The number of nitro benzene ring substituents is 1. The molecule has 2 aromatic carbocycles. The zero-order chi connectivity index (χ0) is 20.1. The zero-order valence-electron chi connectivity index (χ0n) is 15.6. The number of halogens is 1. The average Bonchev–Trinajstić information content (AvgIpc) is 2.72. The third-order valence-corrected chi connectivity index (χ3v) is 4.96. The molecule has 0 spiro atoms. The van der Waals surface area contributed by atoms with Crippen LogP contribution in [0.4, 0.5) is 15.8 Å². The topological polar surface area (TPSA) is 84.7 Å². The molecule has 0 bridgehead atoms. The molecule has 7 nitrogen and oxygen atoms in total. The maximum atomic E-state index is 14.0. The quantitative estimate of drug-likeness (QED) is 0.603. The van der Waals surface area contributed by atoms with E-state index in [0.29, 0.717) is 25.2 Å². The lowest BCUT2D eigenvalue weighted by atomic mass is 9.96. The highest BCUT2D eigenvalue weighted by Crippen LogP contribution is 2.33. The van der Waals surface area contributed by atoms with Gasteiger partial charge in [0.2, 0.25) is 5.82 Å². The van der Waals surface area contributed by atoms with Gasteiger partial charge in [0.1, 0.15) is 11.4 Å². The fraction of sp³-hybridized carbons (Fsp3) is 0.350. The van der Waals surface area contributed by atoms with Gasteiger partial charge in [-0.1, -0.05) is 18.2 Å². The number of carbonyl (C=O) groups excluding carboxylic acids is 1. The van der Waals surface area contributed by atoms with Crippen molar-refractivity contribution in [2.45, 2.75) is 12.8 Å². The number of nitro groups is 1. The van der Waals surface area contributed by atoms with Crippen LogP contribution in [0, 0.1) is 21.8 Å².